The summed E-state index contributed by atoms with van der Waals surface area (Å²) in [6, 6.07) is 17.2. The molecule has 3 fully saturated rings. The Bertz CT molecular complexity index is 1120. The average molecular weight is 519 g/mol. The van der Waals surface area contributed by atoms with E-state index < -0.39 is 5.79 Å². The molecule has 0 unspecified atom stereocenters. The summed E-state index contributed by atoms with van der Waals surface area (Å²) in [5.41, 5.74) is 4.20. The van der Waals surface area contributed by atoms with Crippen molar-refractivity contribution >= 4 is 5.97 Å². The van der Waals surface area contributed by atoms with Crippen LogP contribution in [0.4, 0.5) is 0 Å². The summed E-state index contributed by atoms with van der Waals surface area (Å²) in [5, 5.41) is 0. The molecule has 0 radical (unpaired) electrons. The molecule has 1 saturated heterocycles. The van der Waals surface area contributed by atoms with Gasteiger partial charge in [0.25, 0.3) is 0 Å². The number of hydrogen-bond acceptors (Lipinski definition) is 5. The lowest BCUT2D eigenvalue weighted by molar-refractivity contribution is -0.237. The zero-order valence-electron chi connectivity index (χ0n) is 23.0. The predicted molar refractivity (Wildman–Crippen MR) is 146 cm³/mol. The lowest BCUT2D eigenvalue weighted by atomic mass is 9.53. The molecular formula is C33H42O5. The van der Waals surface area contributed by atoms with E-state index in [-0.39, 0.29) is 11.4 Å². The Balaban J connectivity index is 1.21. The highest BCUT2D eigenvalue weighted by Gasteiger charge is 2.68. The molecule has 0 N–H and O–H groups in total. The Morgan fingerprint density at radius 2 is 1.89 bits per heavy atom. The number of ether oxygens (including phenoxy) is 4. The van der Waals surface area contributed by atoms with Gasteiger partial charge >= 0.3 is 5.97 Å². The molecule has 5 nitrogen and oxygen atoms in total. The van der Waals surface area contributed by atoms with Crippen molar-refractivity contribution in [2.24, 2.45) is 23.2 Å². The molecule has 38 heavy (non-hydrogen) atoms. The number of esters is 1. The standard InChI is InChI=1S/C33H42O5/c1-3-35-30(34)11-7-10-25-21-33(37-18-19-38-33)32(2)17-16-28-27-15-13-26(36-22-23-8-5-4-6-9-23)20-24(27)12-14-29(28)31(25)32/h4-6,8-9,13,15,20,25,28-29,31H,3,7,10-12,14,16-19,21-22H2,1-2H3/t25-,28+,29+,31-,32-/m0/s1. The molecule has 4 aliphatic rings. The van der Waals surface area contributed by atoms with E-state index in [2.05, 4.69) is 49.4 Å². The second-order valence-corrected chi connectivity index (χ2v) is 12.0. The van der Waals surface area contributed by atoms with E-state index in [0.29, 0.717) is 56.5 Å². The van der Waals surface area contributed by atoms with E-state index in [0.717, 1.165) is 37.9 Å². The van der Waals surface area contributed by atoms with E-state index >= 15 is 0 Å². The zero-order valence-corrected chi connectivity index (χ0v) is 23.0. The van der Waals surface area contributed by atoms with Crippen molar-refractivity contribution in [3.63, 3.8) is 0 Å². The van der Waals surface area contributed by atoms with Gasteiger partial charge in [0, 0.05) is 18.3 Å². The maximum atomic E-state index is 12.1. The first-order valence-corrected chi connectivity index (χ1v) is 14.8. The molecule has 6 rings (SSSR count). The fraction of sp³-hybridized carbons (Fsp3) is 0.606. The molecular weight excluding hydrogens is 476 g/mol. The molecule has 5 heteroatoms. The third kappa shape index (κ3) is 4.56. The first-order valence-electron chi connectivity index (χ1n) is 14.8. The first kappa shape index (κ1) is 25.9. The first-order chi connectivity index (χ1) is 18.5. The number of hydrogen-bond donors (Lipinski definition) is 0. The highest BCUT2D eigenvalue weighted by Crippen LogP contribution is 2.68. The normalized spacial score (nSPS) is 30.9. The molecule has 1 heterocycles. The summed E-state index contributed by atoms with van der Waals surface area (Å²) in [4.78, 5) is 12.1. The van der Waals surface area contributed by atoms with Gasteiger partial charge in [0.1, 0.15) is 12.4 Å². The molecule has 2 aromatic carbocycles. The van der Waals surface area contributed by atoms with Crippen LogP contribution in [0.1, 0.15) is 81.4 Å². The number of fused-ring (bicyclic) bond motifs is 6. The largest absolute Gasteiger partial charge is 0.489 e. The summed E-state index contributed by atoms with van der Waals surface area (Å²) in [6.07, 6.45) is 7.97. The van der Waals surface area contributed by atoms with Crippen molar-refractivity contribution < 1.29 is 23.7 Å². The van der Waals surface area contributed by atoms with Gasteiger partial charge in [-0.2, -0.15) is 0 Å². The van der Waals surface area contributed by atoms with Gasteiger partial charge in [-0.3, -0.25) is 4.79 Å². The van der Waals surface area contributed by atoms with Crippen LogP contribution >= 0.6 is 0 Å². The minimum Gasteiger partial charge on any atom is -0.489 e. The topological polar surface area (TPSA) is 54.0 Å². The van der Waals surface area contributed by atoms with E-state index in [1.165, 1.54) is 29.5 Å². The van der Waals surface area contributed by atoms with E-state index in [1.54, 1.807) is 0 Å². The summed E-state index contributed by atoms with van der Waals surface area (Å²) in [6.45, 7) is 6.76. The van der Waals surface area contributed by atoms with E-state index in [1.807, 2.05) is 13.0 Å². The zero-order chi connectivity index (χ0) is 26.2. The van der Waals surface area contributed by atoms with Gasteiger partial charge in [-0.15, -0.1) is 0 Å². The Morgan fingerprint density at radius 1 is 1.08 bits per heavy atom. The van der Waals surface area contributed by atoms with E-state index in [9.17, 15) is 4.79 Å². The molecule has 1 spiro atoms. The van der Waals surface area contributed by atoms with E-state index in [4.69, 9.17) is 18.9 Å². The van der Waals surface area contributed by atoms with Crippen molar-refractivity contribution in [2.45, 2.75) is 83.5 Å². The Kier molecular flexibility index (Phi) is 7.26. The lowest BCUT2D eigenvalue weighted by Crippen LogP contribution is -2.51. The van der Waals surface area contributed by atoms with Crippen LogP contribution in [-0.2, 0) is 32.0 Å². The average Bonchev–Trinajstić information content (AvgIpc) is 3.51. The maximum Gasteiger partial charge on any atom is 0.305 e. The fourth-order valence-corrected chi connectivity index (χ4v) is 8.58. The van der Waals surface area contributed by atoms with Gasteiger partial charge in [-0.1, -0.05) is 43.3 Å². The monoisotopic (exact) mass is 518 g/mol. The molecule has 2 saturated carbocycles. The molecule has 5 atom stereocenters. The summed E-state index contributed by atoms with van der Waals surface area (Å²) in [7, 11) is 0. The van der Waals surface area contributed by atoms with Crippen LogP contribution < -0.4 is 4.74 Å². The smallest absolute Gasteiger partial charge is 0.305 e. The highest BCUT2D eigenvalue weighted by molar-refractivity contribution is 5.69. The van der Waals surface area contributed by atoms with Crippen LogP contribution in [0.25, 0.3) is 0 Å². The van der Waals surface area contributed by atoms with Gasteiger partial charge in [-0.25, -0.2) is 0 Å². The van der Waals surface area contributed by atoms with Crippen LogP contribution in [0.5, 0.6) is 5.75 Å². The number of carbonyl (C=O) groups is 1. The Hall–Kier alpha value is -2.37. The van der Waals surface area contributed by atoms with Crippen LogP contribution in [0.2, 0.25) is 0 Å². The number of carbonyl (C=O) groups excluding carboxylic acids is 1. The molecule has 1 aliphatic heterocycles. The minimum atomic E-state index is -0.452. The van der Waals surface area contributed by atoms with Crippen molar-refractivity contribution in [3.05, 3.63) is 65.2 Å². The summed E-state index contributed by atoms with van der Waals surface area (Å²) in [5.74, 6) is 2.69. The van der Waals surface area contributed by atoms with Gasteiger partial charge in [0.2, 0.25) is 0 Å². The third-order valence-corrected chi connectivity index (χ3v) is 10.1. The van der Waals surface area contributed by atoms with Crippen molar-refractivity contribution in [3.8, 4) is 5.75 Å². The molecule has 0 bridgehead atoms. The fourth-order valence-electron chi connectivity index (χ4n) is 8.58. The van der Waals surface area contributed by atoms with Crippen LogP contribution in [0.3, 0.4) is 0 Å². The maximum absolute atomic E-state index is 12.1. The van der Waals surface area contributed by atoms with Crippen LogP contribution in [0.15, 0.2) is 48.5 Å². The molecule has 2 aromatic rings. The number of rotatable bonds is 8. The molecule has 0 aromatic heterocycles. The van der Waals surface area contributed by atoms with Crippen molar-refractivity contribution in [1.29, 1.82) is 0 Å². The number of aryl methyl sites for hydroxylation is 1. The highest BCUT2D eigenvalue weighted by atomic mass is 16.7. The lowest BCUT2D eigenvalue weighted by Gasteiger charge is -2.53. The summed E-state index contributed by atoms with van der Waals surface area (Å²) < 4.78 is 24.3. The predicted octanol–water partition coefficient (Wildman–Crippen LogP) is 6.82. The molecule has 204 valence electrons. The minimum absolute atomic E-state index is 0.0233. The SMILES string of the molecule is CCOC(=O)CCC[C@H]1CC2(OCCO2)[C@@]2(C)CC[C@@H]3c4ccc(OCc5ccccc5)cc4CC[C@H]3[C@H]12. The number of benzene rings is 2. The quantitative estimate of drug-likeness (QED) is 0.359. The van der Waals surface area contributed by atoms with Gasteiger partial charge in [-0.05, 0) is 97.9 Å². The molecule has 0 amide bonds. The second-order valence-electron chi connectivity index (χ2n) is 12.0. The second kappa shape index (κ2) is 10.7. The van der Waals surface area contributed by atoms with Crippen LogP contribution in [-0.4, -0.2) is 31.6 Å². The summed E-state index contributed by atoms with van der Waals surface area (Å²) >= 11 is 0. The van der Waals surface area contributed by atoms with Gasteiger partial charge < -0.3 is 18.9 Å². The van der Waals surface area contributed by atoms with Gasteiger partial charge in [0.05, 0.1) is 19.8 Å². The molecule has 3 aliphatic carbocycles. The van der Waals surface area contributed by atoms with Crippen molar-refractivity contribution in [1.82, 2.24) is 0 Å². The Morgan fingerprint density at radius 3 is 2.68 bits per heavy atom. The third-order valence-electron chi connectivity index (χ3n) is 10.1. The van der Waals surface area contributed by atoms with Crippen molar-refractivity contribution in [2.75, 3.05) is 19.8 Å². The van der Waals surface area contributed by atoms with Crippen LogP contribution in [0, 0.1) is 23.2 Å². The Labute approximate surface area is 227 Å². The van der Waals surface area contributed by atoms with Gasteiger partial charge in [0.15, 0.2) is 5.79 Å².